The Balaban J connectivity index is 2.27. The summed E-state index contributed by atoms with van der Waals surface area (Å²) >= 11 is 5.86. The third kappa shape index (κ3) is 2.98. The Morgan fingerprint density at radius 1 is 1.30 bits per heavy atom. The van der Waals surface area contributed by atoms with Gasteiger partial charge in [-0.2, -0.15) is 4.31 Å². The van der Waals surface area contributed by atoms with Gasteiger partial charge in [0.25, 0.3) is 0 Å². The summed E-state index contributed by atoms with van der Waals surface area (Å²) in [6.45, 7) is 1.95. The van der Waals surface area contributed by atoms with Gasteiger partial charge in [-0.05, 0) is 37.3 Å². The Morgan fingerprint density at radius 2 is 2.00 bits per heavy atom. The molecule has 0 bridgehead atoms. The number of anilines is 1. The lowest BCUT2D eigenvalue weighted by atomic mass is 10.3. The molecular formula is C13H15ClN2O3S. The van der Waals surface area contributed by atoms with Crippen LogP contribution in [0.25, 0.3) is 0 Å². The Morgan fingerprint density at radius 3 is 2.55 bits per heavy atom. The first kappa shape index (κ1) is 14.9. The highest BCUT2D eigenvalue weighted by Crippen LogP contribution is 2.25. The normalized spacial score (nSPS) is 12.0. The first-order chi connectivity index (χ1) is 9.30. The molecular weight excluding hydrogens is 300 g/mol. The second-order valence-electron chi connectivity index (χ2n) is 4.46. The summed E-state index contributed by atoms with van der Waals surface area (Å²) in [5, 5.41) is 0.216. The van der Waals surface area contributed by atoms with E-state index in [0.29, 0.717) is 11.4 Å². The molecule has 0 saturated carbocycles. The van der Waals surface area contributed by atoms with E-state index >= 15 is 0 Å². The van der Waals surface area contributed by atoms with Crippen molar-refractivity contribution in [2.24, 2.45) is 0 Å². The molecule has 0 radical (unpaired) electrons. The van der Waals surface area contributed by atoms with Crippen LogP contribution in [0.4, 0.5) is 5.69 Å². The fourth-order valence-electron chi connectivity index (χ4n) is 1.72. The molecule has 1 heterocycles. The van der Waals surface area contributed by atoms with E-state index in [0.717, 1.165) is 5.76 Å². The van der Waals surface area contributed by atoms with Crippen molar-refractivity contribution in [2.45, 2.75) is 18.4 Å². The van der Waals surface area contributed by atoms with E-state index in [1.807, 2.05) is 0 Å². The summed E-state index contributed by atoms with van der Waals surface area (Å²) in [5.41, 5.74) is 5.92. The van der Waals surface area contributed by atoms with Gasteiger partial charge in [-0.1, -0.05) is 11.6 Å². The van der Waals surface area contributed by atoms with Gasteiger partial charge in [0, 0.05) is 7.05 Å². The highest BCUT2D eigenvalue weighted by atomic mass is 35.5. The predicted molar refractivity (Wildman–Crippen MR) is 78.0 cm³/mol. The molecule has 5 nitrogen and oxygen atoms in total. The summed E-state index contributed by atoms with van der Waals surface area (Å²) in [5.74, 6) is 1.32. The number of aryl methyl sites for hydroxylation is 1. The number of nitrogen functional groups attached to an aromatic ring is 1. The smallest absolute Gasteiger partial charge is 0.243 e. The van der Waals surface area contributed by atoms with E-state index in [4.69, 9.17) is 21.8 Å². The predicted octanol–water partition coefficient (Wildman–Crippen LogP) is 2.64. The minimum Gasteiger partial charge on any atom is -0.465 e. The summed E-state index contributed by atoms with van der Waals surface area (Å²) in [4.78, 5) is 0.0995. The first-order valence-electron chi connectivity index (χ1n) is 5.87. The first-order valence-corrected chi connectivity index (χ1v) is 7.69. The standard InChI is InChI=1S/C13H15ClN2O3S/c1-9-3-4-10(19-9)8-16(2)20(17,18)11-5-6-13(15)12(14)7-11/h3-7H,8,15H2,1-2H3. The Labute approximate surface area is 123 Å². The van der Waals surface area contributed by atoms with Gasteiger partial charge in [0.15, 0.2) is 0 Å². The van der Waals surface area contributed by atoms with Crippen LogP contribution < -0.4 is 5.73 Å². The molecule has 0 aliphatic rings. The van der Waals surface area contributed by atoms with Crippen LogP contribution in [0.15, 0.2) is 39.6 Å². The van der Waals surface area contributed by atoms with E-state index < -0.39 is 10.0 Å². The number of nitrogens with two attached hydrogens (primary N) is 1. The molecule has 20 heavy (non-hydrogen) atoms. The maximum atomic E-state index is 12.4. The van der Waals surface area contributed by atoms with E-state index in [1.54, 1.807) is 19.1 Å². The molecule has 2 N–H and O–H groups in total. The van der Waals surface area contributed by atoms with Crippen LogP contribution in [0.1, 0.15) is 11.5 Å². The van der Waals surface area contributed by atoms with Crippen LogP contribution in [0.5, 0.6) is 0 Å². The molecule has 7 heteroatoms. The number of sulfonamides is 1. The average molecular weight is 315 g/mol. The number of hydrogen-bond donors (Lipinski definition) is 1. The second-order valence-corrected chi connectivity index (χ2v) is 6.91. The highest BCUT2D eigenvalue weighted by molar-refractivity contribution is 7.89. The lowest BCUT2D eigenvalue weighted by Gasteiger charge is -2.16. The molecule has 0 amide bonds. The lowest BCUT2D eigenvalue weighted by Crippen LogP contribution is -2.26. The van der Waals surface area contributed by atoms with Crippen molar-refractivity contribution in [2.75, 3.05) is 12.8 Å². The fourth-order valence-corrected chi connectivity index (χ4v) is 3.13. The van der Waals surface area contributed by atoms with E-state index in [2.05, 4.69) is 0 Å². The van der Waals surface area contributed by atoms with Crippen molar-refractivity contribution >= 4 is 27.3 Å². The van der Waals surface area contributed by atoms with Gasteiger partial charge >= 0.3 is 0 Å². The molecule has 0 fully saturated rings. The van der Waals surface area contributed by atoms with Crippen LogP contribution in [-0.4, -0.2) is 19.8 Å². The topological polar surface area (TPSA) is 76.5 Å². The maximum Gasteiger partial charge on any atom is 0.243 e. The zero-order valence-corrected chi connectivity index (χ0v) is 12.7. The van der Waals surface area contributed by atoms with Gasteiger partial charge in [-0.15, -0.1) is 0 Å². The molecule has 0 aliphatic heterocycles. The van der Waals surface area contributed by atoms with Crippen molar-refractivity contribution in [1.29, 1.82) is 0 Å². The quantitative estimate of drug-likeness (QED) is 0.880. The molecule has 0 saturated heterocycles. The van der Waals surface area contributed by atoms with Crippen molar-refractivity contribution in [1.82, 2.24) is 4.31 Å². The summed E-state index contributed by atoms with van der Waals surface area (Å²) < 4.78 is 31.4. The van der Waals surface area contributed by atoms with Crippen LogP contribution in [0.3, 0.4) is 0 Å². The summed E-state index contributed by atoms with van der Waals surface area (Å²) in [6.07, 6.45) is 0. The van der Waals surface area contributed by atoms with Gasteiger partial charge in [0.1, 0.15) is 11.5 Å². The fraction of sp³-hybridized carbons (Fsp3) is 0.231. The molecule has 1 aromatic carbocycles. The average Bonchev–Trinajstić information content (AvgIpc) is 2.78. The second kappa shape index (κ2) is 5.47. The molecule has 2 aromatic rings. The monoisotopic (exact) mass is 314 g/mol. The van der Waals surface area contributed by atoms with Crippen LogP contribution in [0, 0.1) is 6.92 Å². The maximum absolute atomic E-state index is 12.4. The molecule has 2 rings (SSSR count). The zero-order chi connectivity index (χ0) is 14.9. The SMILES string of the molecule is Cc1ccc(CN(C)S(=O)(=O)c2ccc(N)c(Cl)c2)o1. The van der Waals surface area contributed by atoms with Crippen molar-refractivity contribution < 1.29 is 12.8 Å². The molecule has 1 aromatic heterocycles. The molecule has 108 valence electrons. The van der Waals surface area contributed by atoms with E-state index in [-0.39, 0.29) is 16.5 Å². The zero-order valence-electron chi connectivity index (χ0n) is 11.1. The number of furan rings is 1. The van der Waals surface area contributed by atoms with E-state index in [9.17, 15) is 8.42 Å². The van der Waals surface area contributed by atoms with Gasteiger partial charge in [-0.3, -0.25) is 0 Å². The Kier molecular flexibility index (Phi) is 4.08. The third-order valence-electron chi connectivity index (χ3n) is 2.85. The minimum absolute atomic E-state index is 0.0995. The Bertz CT molecular complexity index is 725. The molecule has 0 atom stereocenters. The number of benzene rings is 1. The van der Waals surface area contributed by atoms with Crippen LogP contribution in [-0.2, 0) is 16.6 Å². The summed E-state index contributed by atoms with van der Waals surface area (Å²) in [7, 11) is -2.15. The largest absolute Gasteiger partial charge is 0.465 e. The van der Waals surface area contributed by atoms with Crippen molar-refractivity contribution in [3.8, 4) is 0 Å². The van der Waals surface area contributed by atoms with Crippen LogP contribution >= 0.6 is 11.6 Å². The van der Waals surface area contributed by atoms with Gasteiger partial charge in [-0.25, -0.2) is 8.42 Å². The number of rotatable bonds is 4. The Hall–Kier alpha value is -1.50. The van der Waals surface area contributed by atoms with Gasteiger partial charge < -0.3 is 10.2 Å². The lowest BCUT2D eigenvalue weighted by molar-refractivity contribution is 0.397. The minimum atomic E-state index is -3.63. The van der Waals surface area contributed by atoms with Gasteiger partial charge in [0.05, 0.1) is 22.2 Å². The van der Waals surface area contributed by atoms with Crippen molar-refractivity contribution in [3.63, 3.8) is 0 Å². The molecule has 0 spiro atoms. The molecule has 0 unspecified atom stereocenters. The highest BCUT2D eigenvalue weighted by Gasteiger charge is 2.22. The molecule has 0 aliphatic carbocycles. The van der Waals surface area contributed by atoms with E-state index in [1.165, 1.54) is 29.6 Å². The number of nitrogens with zero attached hydrogens (tertiary/aromatic N) is 1. The third-order valence-corrected chi connectivity index (χ3v) is 4.98. The van der Waals surface area contributed by atoms with Crippen LogP contribution in [0.2, 0.25) is 5.02 Å². The van der Waals surface area contributed by atoms with Gasteiger partial charge in [0.2, 0.25) is 10.0 Å². The number of hydrogen-bond acceptors (Lipinski definition) is 4. The number of halogens is 1. The summed E-state index contributed by atoms with van der Waals surface area (Å²) in [6, 6.07) is 7.78. The van der Waals surface area contributed by atoms with Crippen molar-refractivity contribution in [3.05, 3.63) is 46.9 Å².